The van der Waals surface area contributed by atoms with E-state index in [0.717, 1.165) is 0 Å². The number of nitrogens with zero attached hydrogens (tertiary/aromatic N) is 3. The number of anilines is 1. The summed E-state index contributed by atoms with van der Waals surface area (Å²) in [6.45, 7) is 0. The molecule has 1 amide bonds. The topological polar surface area (TPSA) is 35.9 Å². The molecule has 0 radical (unpaired) electrons. The minimum atomic E-state index is -2.49. The van der Waals surface area contributed by atoms with Gasteiger partial charge in [0.1, 0.15) is 5.71 Å². The fourth-order valence-corrected chi connectivity index (χ4v) is 3.30. The number of carbonyl (C=O) groups is 1. The normalized spacial score (nSPS) is 15.6. The molecule has 1 aliphatic rings. The van der Waals surface area contributed by atoms with Crippen LogP contribution in [0.4, 0.5) is 14.5 Å². The van der Waals surface area contributed by atoms with E-state index < -0.39 is 5.76 Å². The van der Waals surface area contributed by atoms with Gasteiger partial charge in [-0.05, 0) is 24.3 Å². The van der Waals surface area contributed by atoms with E-state index >= 15 is 0 Å². The van der Waals surface area contributed by atoms with E-state index in [1.54, 1.807) is 73.7 Å². The first-order chi connectivity index (χ1) is 12.9. The lowest BCUT2D eigenvalue weighted by molar-refractivity contribution is -0.114. The van der Waals surface area contributed by atoms with Gasteiger partial charge >= 0.3 is 0 Å². The van der Waals surface area contributed by atoms with E-state index in [9.17, 15) is 13.6 Å². The molecule has 2 aromatic rings. The van der Waals surface area contributed by atoms with E-state index in [1.165, 1.54) is 5.01 Å². The van der Waals surface area contributed by atoms with Gasteiger partial charge in [0.2, 0.25) is 0 Å². The fraction of sp³-hybridized carbons (Fsp3) is 0.158. The van der Waals surface area contributed by atoms with Gasteiger partial charge in [-0.25, -0.2) is 0 Å². The number of rotatable bonds is 5. The molecule has 0 aromatic heterocycles. The Morgan fingerprint density at radius 3 is 2.41 bits per heavy atom. The second-order valence-electron chi connectivity index (χ2n) is 5.93. The predicted molar refractivity (Wildman–Crippen MR) is 106 cm³/mol. The molecular formula is C19H16ClF2N3OS. The Labute approximate surface area is 165 Å². The molecule has 140 valence electrons. The molecule has 8 heteroatoms. The first kappa shape index (κ1) is 19.4. The molecule has 2 aromatic carbocycles. The van der Waals surface area contributed by atoms with Gasteiger partial charge in [0.15, 0.2) is 0 Å². The number of benzene rings is 2. The summed E-state index contributed by atoms with van der Waals surface area (Å²) < 4.78 is 25.0. The summed E-state index contributed by atoms with van der Waals surface area (Å²) in [7, 11) is 3.61. The molecule has 0 saturated carbocycles. The highest BCUT2D eigenvalue weighted by Gasteiger charge is 2.33. The third-order valence-corrected chi connectivity index (χ3v) is 4.74. The van der Waals surface area contributed by atoms with Crippen LogP contribution in [0.3, 0.4) is 0 Å². The molecule has 4 nitrogen and oxygen atoms in total. The van der Waals surface area contributed by atoms with Gasteiger partial charge in [0.25, 0.3) is 11.7 Å². The quantitative estimate of drug-likeness (QED) is 0.525. The second kappa shape index (κ2) is 8.10. The minimum absolute atomic E-state index is 0.308. The van der Waals surface area contributed by atoms with E-state index in [-0.39, 0.29) is 5.91 Å². The number of amides is 1. The predicted octanol–water partition coefficient (Wildman–Crippen LogP) is 4.85. The summed E-state index contributed by atoms with van der Waals surface area (Å²) in [4.78, 5) is 15.1. The van der Waals surface area contributed by atoms with Gasteiger partial charge < -0.3 is 4.90 Å². The van der Waals surface area contributed by atoms with Crippen LogP contribution < -0.4 is 5.01 Å². The molecule has 1 aliphatic heterocycles. The molecule has 27 heavy (non-hydrogen) atoms. The zero-order valence-electron chi connectivity index (χ0n) is 14.6. The molecule has 0 N–H and O–H groups in total. The third-order valence-electron chi connectivity index (χ3n) is 3.70. The standard InChI is InChI=1S/C19H16ClF2N3OS/c1-24(2)11-14-17(12-7-9-13(10-8-12)27-19(21)22)23-25(18(14)26)16-6-4-3-5-15(16)20/h3-11,19H,1-2H3. The zero-order chi connectivity index (χ0) is 19.6. The van der Waals surface area contributed by atoms with Gasteiger partial charge in [-0.15, -0.1) is 0 Å². The summed E-state index contributed by atoms with van der Waals surface area (Å²) in [6.07, 6.45) is 1.68. The molecule has 0 unspecified atom stereocenters. The summed E-state index contributed by atoms with van der Waals surface area (Å²) in [5.74, 6) is -2.79. The van der Waals surface area contributed by atoms with Crippen LogP contribution in [0.1, 0.15) is 5.56 Å². The lowest BCUT2D eigenvalue weighted by Gasteiger charge is -2.13. The number of hydrazone groups is 1. The van der Waals surface area contributed by atoms with Crippen molar-refractivity contribution in [1.29, 1.82) is 0 Å². The van der Waals surface area contributed by atoms with Crippen LogP contribution >= 0.6 is 23.4 Å². The fourth-order valence-electron chi connectivity index (χ4n) is 2.58. The van der Waals surface area contributed by atoms with Gasteiger partial charge in [0, 0.05) is 30.8 Å². The van der Waals surface area contributed by atoms with E-state index in [4.69, 9.17) is 11.6 Å². The van der Waals surface area contributed by atoms with Gasteiger partial charge in [-0.3, -0.25) is 4.79 Å². The number of alkyl halides is 2. The van der Waals surface area contributed by atoms with Crippen LogP contribution in [-0.2, 0) is 4.79 Å². The van der Waals surface area contributed by atoms with Gasteiger partial charge in [0.05, 0.1) is 16.3 Å². The van der Waals surface area contributed by atoms with Crippen LogP contribution in [-0.4, -0.2) is 36.4 Å². The molecule has 3 rings (SSSR count). The Bertz CT molecular complexity index is 913. The van der Waals surface area contributed by atoms with Crippen LogP contribution in [0.15, 0.2) is 70.3 Å². The Morgan fingerprint density at radius 1 is 1.15 bits per heavy atom. The van der Waals surface area contributed by atoms with Crippen LogP contribution in [0.5, 0.6) is 0 Å². The van der Waals surface area contributed by atoms with E-state index in [2.05, 4.69) is 5.10 Å². The van der Waals surface area contributed by atoms with Crippen molar-refractivity contribution in [2.45, 2.75) is 10.7 Å². The largest absolute Gasteiger partial charge is 0.383 e. The number of halogens is 3. The Balaban J connectivity index is 2.03. The molecular weight excluding hydrogens is 392 g/mol. The maximum Gasteiger partial charge on any atom is 0.288 e. The number of hydrogen-bond donors (Lipinski definition) is 0. The van der Waals surface area contributed by atoms with Gasteiger partial charge in [-0.1, -0.05) is 47.6 Å². The molecule has 0 spiro atoms. The highest BCUT2D eigenvalue weighted by atomic mass is 35.5. The number of thioether (sulfide) groups is 1. The van der Waals surface area contributed by atoms with Crippen molar-refractivity contribution >= 4 is 40.7 Å². The highest BCUT2D eigenvalue weighted by molar-refractivity contribution is 7.99. The van der Waals surface area contributed by atoms with Crippen molar-refractivity contribution in [2.24, 2.45) is 5.10 Å². The van der Waals surface area contributed by atoms with E-state index in [1.807, 2.05) is 0 Å². The summed E-state index contributed by atoms with van der Waals surface area (Å²) in [5, 5.41) is 6.13. The minimum Gasteiger partial charge on any atom is -0.383 e. The van der Waals surface area contributed by atoms with Crippen molar-refractivity contribution in [3.05, 3.63) is 70.9 Å². The average Bonchev–Trinajstić information content (AvgIpc) is 2.92. The molecule has 0 bridgehead atoms. The monoisotopic (exact) mass is 407 g/mol. The highest BCUT2D eigenvalue weighted by Crippen LogP contribution is 2.32. The van der Waals surface area contributed by atoms with Crippen molar-refractivity contribution in [1.82, 2.24) is 4.90 Å². The smallest absolute Gasteiger partial charge is 0.288 e. The summed E-state index contributed by atoms with van der Waals surface area (Å²) in [5.41, 5.74) is 2.00. The van der Waals surface area contributed by atoms with Gasteiger partial charge in [-0.2, -0.15) is 18.9 Å². The lowest BCUT2D eigenvalue weighted by atomic mass is 10.0. The summed E-state index contributed by atoms with van der Waals surface area (Å²) in [6, 6.07) is 13.5. The van der Waals surface area contributed by atoms with Crippen molar-refractivity contribution in [2.75, 3.05) is 19.1 Å². The summed E-state index contributed by atoms with van der Waals surface area (Å²) >= 11 is 6.69. The average molecular weight is 408 g/mol. The van der Waals surface area contributed by atoms with Crippen molar-refractivity contribution < 1.29 is 13.6 Å². The van der Waals surface area contributed by atoms with Crippen LogP contribution in [0, 0.1) is 0 Å². The molecule has 1 heterocycles. The first-order valence-corrected chi connectivity index (χ1v) is 9.24. The van der Waals surface area contributed by atoms with Crippen LogP contribution in [0.25, 0.3) is 0 Å². The Hall–Kier alpha value is -2.38. The zero-order valence-corrected chi connectivity index (χ0v) is 16.1. The maximum absolute atomic E-state index is 12.9. The number of para-hydroxylation sites is 1. The number of carbonyl (C=O) groups excluding carboxylic acids is 1. The lowest BCUT2D eigenvalue weighted by Crippen LogP contribution is -2.23. The molecule has 0 saturated heterocycles. The SMILES string of the molecule is CN(C)C=C1C(=O)N(c2ccccc2Cl)N=C1c1ccc(SC(F)F)cc1. The molecule has 0 atom stereocenters. The van der Waals surface area contributed by atoms with Crippen molar-refractivity contribution in [3.8, 4) is 0 Å². The Kier molecular flexibility index (Phi) is 5.82. The van der Waals surface area contributed by atoms with Crippen LogP contribution in [0.2, 0.25) is 5.02 Å². The Morgan fingerprint density at radius 2 is 1.81 bits per heavy atom. The molecule has 0 aliphatic carbocycles. The second-order valence-corrected chi connectivity index (χ2v) is 7.40. The van der Waals surface area contributed by atoms with Crippen molar-refractivity contribution in [3.63, 3.8) is 0 Å². The maximum atomic E-state index is 12.9. The number of hydrogen-bond acceptors (Lipinski definition) is 4. The third kappa shape index (κ3) is 4.31. The molecule has 0 fully saturated rings. The van der Waals surface area contributed by atoms with E-state index in [0.29, 0.717) is 44.2 Å². The first-order valence-electron chi connectivity index (χ1n) is 7.98.